The molecule has 186 valence electrons. The molecule has 10 nitrogen and oxygen atoms in total. The van der Waals surface area contributed by atoms with Crippen LogP contribution in [0.5, 0.6) is 5.75 Å². The highest BCUT2D eigenvalue weighted by Gasteiger charge is 2.17. The van der Waals surface area contributed by atoms with E-state index in [1.165, 1.54) is 5.56 Å². The van der Waals surface area contributed by atoms with Gasteiger partial charge in [0.1, 0.15) is 5.75 Å². The summed E-state index contributed by atoms with van der Waals surface area (Å²) in [5, 5.41) is 11.2. The van der Waals surface area contributed by atoms with Gasteiger partial charge in [-0.05, 0) is 48.9 Å². The Morgan fingerprint density at radius 2 is 1.69 bits per heavy atom. The summed E-state index contributed by atoms with van der Waals surface area (Å²) >= 11 is 0. The number of anilines is 5. The first-order valence-electron chi connectivity index (χ1n) is 12.0. The molecular formula is C26H30N8O2. The van der Waals surface area contributed by atoms with Crippen LogP contribution >= 0.6 is 0 Å². The minimum absolute atomic E-state index is 0.475. The van der Waals surface area contributed by atoms with E-state index in [0.717, 1.165) is 41.1 Å². The number of rotatable bonds is 9. The van der Waals surface area contributed by atoms with Gasteiger partial charge in [0.2, 0.25) is 17.8 Å². The van der Waals surface area contributed by atoms with E-state index in [4.69, 9.17) is 9.47 Å². The number of benzene rings is 2. The van der Waals surface area contributed by atoms with Gasteiger partial charge < -0.3 is 30.3 Å². The maximum atomic E-state index is 5.49. The van der Waals surface area contributed by atoms with Gasteiger partial charge in [0.25, 0.3) is 0 Å². The summed E-state index contributed by atoms with van der Waals surface area (Å²) in [7, 11) is 1.65. The number of hydrogen-bond acceptors (Lipinski definition) is 10. The van der Waals surface area contributed by atoms with E-state index in [1.807, 2.05) is 36.5 Å². The first-order chi connectivity index (χ1) is 17.7. The largest absolute Gasteiger partial charge is 0.497 e. The second-order valence-electron chi connectivity index (χ2n) is 8.47. The van der Waals surface area contributed by atoms with E-state index in [-0.39, 0.29) is 0 Å². The number of nitrogens with zero attached hydrogens (tertiary/aromatic N) is 5. The number of morpholine rings is 1. The Kier molecular flexibility index (Phi) is 7.23. The summed E-state index contributed by atoms with van der Waals surface area (Å²) in [5.74, 6) is 2.40. The number of methoxy groups -OCH3 is 1. The van der Waals surface area contributed by atoms with Crippen molar-refractivity contribution < 1.29 is 9.47 Å². The summed E-state index contributed by atoms with van der Waals surface area (Å²) in [6.07, 6.45) is 1.83. The molecule has 1 aliphatic heterocycles. The standard InChI is InChI=1S/C26H30N8O2/c1-18-3-8-21-22(9-10-27-23(21)17-18)28-11-12-29-24-31-25(30-19-4-6-20(35-2)7-5-19)33-26(32-24)34-13-15-36-16-14-34/h3-10,17H,11-16H2,1-2H3,(H,27,28)(H2,29,30,31,32,33). The number of aryl methyl sites for hydroxylation is 1. The number of aromatic nitrogens is 4. The first-order valence-corrected chi connectivity index (χ1v) is 12.0. The van der Waals surface area contributed by atoms with Crippen LogP contribution in [0.1, 0.15) is 5.56 Å². The Balaban J connectivity index is 1.28. The van der Waals surface area contributed by atoms with E-state index in [9.17, 15) is 0 Å². The van der Waals surface area contributed by atoms with Crippen molar-refractivity contribution in [3.63, 3.8) is 0 Å². The average molecular weight is 487 g/mol. The van der Waals surface area contributed by atoms with Crippen LogP contribution in [-0.4, -0.2) is 66.4 Å². The van der Waals surface area contributed by atoms with Crippen LogP contribution in [0.25, 0.3) is 10.9 Å². The fraction of sp³-hybridized carbons (Fsp3) is 0.308. The van der Waals surface area contributed by atoms with Crippen molar-refractivity contribution in [1.82, 2.24) is 19.9 Å². The molecule has 0 amide bonds. The Labute approximate surface area is 210 Å². The number of hydrogen-bond donors (Lipinski definition) is 3. The van der Waals surface area contributed by atoms with Crippen LogP contribution in [0.15, 0.2) is 54.7 Å². The summed E-state index contributed by atoms with van der Waals surface area (Å²) in [5.41, 5.74) is 4.09. The molecule has 3 heterocycles. The monoisotopic (exact) mass is 486 g/mol. The van der Waals surface area contributed by atoms with Crippen LogP contribution in [0.2, 0.25) is 0 Å². The predicted molar refractivity (Wildman–Crippen MR) is 143 cm³/mol. The maximum Gasteiger partial charge on any atom is 0.233 e. The third kappa shape index (κ3) is 5.72. The Morgan fingerprint density at radius 3 is 2.50 bits per heavy atom. The van der Waals surface area contributed by atoms with Crippen molar-refractivity contribution in [3.05, 3.63) is 60.3 Å². The molecular weight excluding hydrogens is 456 g/mol. The van der Waals surface area contributed by atoms with Gasteiger partial charge >= 0.3 is 0 Å². The van der Waals surface area contributed by atoms with Crippen molar-refractivity contribution in [2.45, 2.75) is 6.92 Å². The van der Waals surface area contributed by atoms with Crippen LogP contribution in [0.3, 0.4) is 0 Å². The molecule has 1 saturated heterocycles. The molecule has 10 heteroatoms. The van der Waals surface area contributed by atoms with Crippen LogP contribution < -0.4 is 25.6 Å². The third-order valence-electron chi connectivity index (χ3n) is 5.89. The molecule has 4 aromatic rings. The highest BCUT2D eigenvalue weighted by Crippen LogP contribution is 2.23. The fourth-order valence-corrected chi connectivity index (χ4v) is 3.99. The van der Waals surface area contributed by atoms with Gasteiger partial charge in [-0.3, -0.25) is 4.98 Å². The second-order valence-corrected chi connectivity index (χ2v) is 8.47. The molecule has 2 aromatic heterocycles. The van der Waals surface area contributed by atoms with Crippen molar-refractivity contribution in [3.8, 4) is 5.75 Å². The minimum atomic E-state index is 0.475. The Bertz CT molecular complexity index is 1310. The molecule has 1 fully saturated rings. The predicted octanol–water partition coefficient (Wildman–Crippen LogP) is 3.84. The lowest BCUT2D eigenvalue weighted by Gasteiger charge is -2.27. The van der Waals surface area contributed by atoms with Crippen LogP contribution in [0.4, 0.5) is 29.2 Å². The van der Waals surface area contributed by atoms with E-state index in [1.54, 1.807) is 7.11 Å². The van der Waals surface area contributed by atoms with E-state index in [2.05, 4.69) is 65.9 Å². The number of fused-ring (bicyclic) bond motifs is 1. The smallest absolute Gasteiger partial charge is 0.233 e. The number of ether oxygens (including phenoxy) is 2. The highest BCUT2D eigenvalue weighted by atomic mass is 16.5. The van der Waals surface area contributed by atoms with Crippen LogP contribution in [-0.2, 0) is 4.74 Å². The van der Waals surface area contributed by atoms with Crippen molar-refractivity contribution >= 4 is 40.1 Å². The van der Waals surface area contributed by atoms with Crippen molar-refractivity contribution in [2.75, 3.05) is 67.4 Å². The molecule has 0 aliphatic carbocycles. The van der Waals surface area contributed by atoms with E-state index in [0.29, 0.717) is 44.1 Å². The van der Waals surface area contributed by atoms with Gasteiger partial charge in [-0.15, -0.1) is 0 Å². The molecule has 2 aromatic carbocycles. The van der Waals surface area contributed by atoms with Gasteiger partial charge in [0.05, 0.1) is 25.8 Å². The summed E-state index contributed by atoms with van der Waals surface area (Å²) in [6.45, 7) is 6.17. The van der Waals surface area contributed by atoms with Gasteiger partial charge in [0, 0.05) is 49.1 Å². The Morgan fingerprint density at radius 1 is 0.917 bits per heavy atom. The average Bonchev–Trinajstić information content (AvgIpc) is 2.92. The number of nitrogens with one attached hydrogen (secondary N) is 3. The van der Waals surface area contributed by atoms with Gasteiger partial charge in [0.15, 0.2) is 0 Å². The van der Waals surface area contributed by atoms with Gasteiger partial charge in [-0.1, -0.05) is 12.1 Å². The normalized spacial score (nSPS) is 13.4. The molecule has 0 atom stereocenters. The summed E-state index contributed by atoms with van der Waals surface area (Å²) < 4.78 is 10.7. The van der Waals surface area contributed by atoms with Crippen molar-refractivity contribution in [2.24, 2.45) is 0 Å². The SMILES string of the molecule is COc1ccc(Nc2nc(NCCNc3ccnc4cc(C)ccc34)nc(N3CCOCC3)n2)cc1. The zero-order valence-corrected chi connectivity index (χ0v) is 20.5. The second kappa shape index (κ2) is 11.0. The molecule has 0 bridgehead atoms. The summed E-state index contributed by atoms with van der Waals surface area (Å²) in [6, 6.07) is 15.9. The minimum Gasteiger partial charge on any atom is -0.497 e. The molecule has 5 rings (SSSR count). The molecule has 0 spiro atoms. The lowest BCUT2D eigenvalue weighted by molar-refractivity contribution is 0.122. The molecule has 0 unspecified atom stereocenters. The molecule has 0 saturated carbocycles. The topological polar surface area (TPSA) is 109 Å². The molecule has 1 aliphatic rings. The molecule has 3 N–H and O–H groups in total. The van der Waals surface area contributed by atoms with E-state index < -0.39 is 0 Å². The molecule has 36 heavy (non-hydrogen) atoms. The van der Waals surface area contributed by atoms with Gasteiger partial charge in [-0.25, -0.2) is 0 Å². The molecule has 0 radical (unpaired) electrons. The highest BCUT2D eigenvalue weighted by molar-refractivity contribution is 5.91. The maximum absolute atomic E-state index is 5.49. The Hall–Kier alpha value is -4.18. The summed E-state index contributed by atoms with van der Waals surface area (Å²) in [4.78, 5) is 20.5. The zero-order valence-electron chi connectivity index (χ0n) is 20.5. The quantitative estimate of drug-likeness (QED) is 0.302. The van der Waals surface area contributed by atoms with Crippen LogP contribution in [0, 0.1) is 6.92 Å². The number of pyridine rings is 1. The van der Waals surface area contributed by atoms with Gasteiger partial charge in [-0.2, -0.15) is 15.0 Å². The van der Waals surface area contributed by atoms with E-state index >= 15 is 0 Å². The van der Waals surface area contributed by atoms with Crippen molar-refractivity contribution in [1.29, 1.82) is 0 Å². The first kappa shape index (κ1) is 23.6. The fourth-order valence-electron chi connectivity index (χ4n) is 3.99. The zero-order chi connectivity index (χ0) is 24.7. The third-order valence-corrected chi connectivity index (χ3v) is 5.89. The lowest BCUT2D eigenvalue weighted by Crippen LogP contribution is -2.37. The lowest BCUT2D eigenvalue weighted by atomic mass is 10.1.